The number of pyridine rings is 1. The zero-order chi connectivity index (χ0) is 17.9. The van der Waals surface area contributed by atoms with Gasteiger partial charge in [0, 0.05) is 28.5 Å². The minimum absolute atomic E-state index is 0.489. The van der Waals surface area contributed by atoms with Crippen LogP contribution in [0.15, 0.2) is 67.0 Å². The molecule has 0 bridgehead atoms. The lowest BCUT2D eigenvalue weighted by Gasteiger charge is -2.10. The summed E-state index contributed by atoms with van der Waals surface area (Å²) < 4.78 is 0. The highest BCUT2D eigenvalue weighted by Crippen LogP contribution is 2.25. The Morgan fingerprint density at radius 3 is 2.65 bits per heavy atom. The summed E-state index contributed by atoms with van der Waals surface area (Å²) in [6, 6.07) is 17.5. The topological polar surface area (TPSA) is 62.7 Å². The molecule has 0 aliphatic rings. The van der Waals surface area contributed by atoms with Crippen molar-refractivity contribution < 1.29 is 0 Å². The molecule has 0 atom stereocenters. The van der Waals surface area contributed by atoms with Gasteiger partial charge >= 0.3 is 0 Å². The largest absolute Gasteiger partial charge is 0.338 e. The molecule has 0 saturated heterocycles. The predicted molar refractivity (Wildman–Crippen MR) is 107 cm³/mol. The van der Waals surface area contributed by atoms with Crippen molar-refractivity contribution in [1.82, 2.24) is 15.0 Å². The molecule has 128 valence electrons. The SMILES string of the molecule is Cc1ccc(Nc2nccc(Nc3cccc4cccnc34)n2)cc1Cl. The second-order valence-electron chi connectivity index (χ2n) is 5.86. The van der Waals surface area contributed by atoms with Gasteiger partial charge in [0.05, 0.1) is 11.2 Å². The van der Waals surface area contributed by atoms with Crippen LogP contribution in [0, 0.1) is 6.92 Å². The maximum absolute atomic E-state index is 6.17. The van der Waals surface area contributed by atoms with Gasteiger partial charge in [-0.1, -0.05) is 35.9 Å². The molecule has 5 nitrogen and oxygen atoms in total. The Morgan fingerprint density at radius 2 is 1.77 bits per heavy atom. The van der Waals surface area contributed by atoms with Gasteiger partial charge in [0.2, 0.25) is 5.95 Å². The summed E-state index contributed by atoms with van der Waals surface area (Å²) in [5.41, 5.74) is 3.65. The second kappa shape index (κ2) is 6.98. The highest BCUT2D eigenvalue weighted by molar-refractivity contribution is 6.31. The van der Waals surface area contributed by atoms with Crippen LogP contribution in [0.25, 0.3) is 10.9 Å². The first-order valence-electron chi connectivity index (χ1n) is 8.16. The van der Waals surface area contributed by atoms with Gasteiger partial charge in [-0.3, -0.25) is 4.98 Å². The Morgan fingerprint density at radius 1 is 0.885 bits per heavy atom. The molecule has 0 spiro atoms. The van der Waals surface area contributed by atoms with Crippen molar-refractivity contribution in [1.29, 1.82) is 0 Å². The van der Waals surface area contributed by atoms with Gasteiger partial charge < -0.3 is 10.6 Å². The molecular weight excluding hydrogens is 346 g/mol. The molecule has 0 saturated carbocycles. The number of nitrogens with one attached hydrogen (secondary N) is 2. The molecule has 0 unspecified atom stereocenters. The van der Waals surface area contributed by atoms with Crippen LogP contribution in [-0.2, 0) is 0 Å². The Balaban J connectivity index is 1.60. The van der Waals surface area contributed by atoms with E-state index in [0.29, 0.717) is 16.8 Å². The summed E-state index contributed by atoms with van der Waals surface area (Å²) in [5.74, 6) is 1.17. The molecule has 4 rings (SSSR count). The zero-order valence-electron chi connectivity index (χ0n) is 14.1. The van der Waals surface area contributed by atoms with E-state index in [1.165, 1.54) is 0 Å². The van der Waals surface area contributed by atoms with Crippen LogP contribution in [0.1, 0.15) is 5.56 Å². The number of benzene rings is 2. The van der Waals surface area contributed by atoms with E-state index in [0.717, 1.165) is 27.8 Å². The minimum atomic E-state index is 0.489. The molecule has 6 heteroatoms. The number of halogens is 1. The molecule has 0 amide bonds. The summed E-state index contributed by atoms with van der Waals surface area (Å²) in [4.78, 5) is 13.2. The number of rotatable bonds is 4. The lowest BCUT2D eigenvalue weighted by atomic mass is 10.2. The average Bonchev–Trinajstić information content (AvgIpc) is 2.65. The maximum atomic E-state index is 6.17. The first kappa shape index (κ1) is 16.3. The van der Waals surface area contributed by atoms with E-state index < -0.39 is 0 Å². The highest BCUT2D eigenvalue weighted by atomic mass is 35.5. The van der Waals surface area contributed by atoms with Crippen LogP contribution in [0.3, 0.4) is 0 Å². The van der Waals surface area contributed by atoms with E-state index >= 15 is 0 Å². The van der Waals surface area contributed by atoms with Gasteiger partial charge in [-0.2, -0.15) is 4.98 Å². The zero-order valence-corrected chi connectivity index (χ0v) is 14.8. The van der Waals surface area contributed by atoms with Crippen LogP contribution in [0.2, 0.25) is 5.02 Å². The number of aromatic nitrogens is 3. The van der Waals surface area contributed by atoms with Crippen molar-refractivity contribution in [2.45, 2.75) is 6.92 Å². The van der Waals surface area contributed by atoms with Crippen molar-refractivity contribution >= 4 is 45.6 Å². The quantitative estimate of drug-likeness (QED) is 0.504. The van der Waals surface area contributed by atoms with Crippen molar-refractivity contribution in [2.75, 3.05) is 10.6 Å². The smallest absolute Gasteiger partial charge is 0.229 e. The van der Waals surface area contributed by atoms with Gasteiger partial charge in [-0.15, -0.1) is 0 Å². The van der Waals surface area contributed by atoms with Crippen LogP contribution in [0.4, 0.5) is 23.1 Å². The lowest BCUT2D eigenvalue weighted by Crippen LogP contribution is -2.01. The van der Waals surface area contributed by atoms with E-state index in [-0.39, 0.29) is 0 Å². The number of hydrogen-bond donors (Lipinski definition) is 2. The number of aryl methyl sites for hydroxylation is 1. The average molecular weight is 362 g/mol. The van der Waals surface area contributed by atoms with Crippen LogP contribution >= 0.6 is 11.6 Å². The summed E-state index contributed by atoms with van der Waals surface area (Å²) in [7, 11) is 0. The molecular formula is C20H16ClN5. The second-order valence-corrected chi connectivity index (χ2v) is 6.27. The van der Waals surface area contributed by atoms with E-state index in [2.05, 4.69) is 25.6 Å². The van der Waals surface area contributed by atoms with E-state index in [9.17, 15) is 0 Å². The number of para-hydroxylation sites is 1. The summed E-state index contributed by atoms with van der Waals surface area (Å²) in [6.07, 6.45) is 3.48. The van der Waals surface area contributed by atoms with Crippen molar-refractivity contribution in [3.63, 3.8) is 0 Å². The first-order valence-corrected chi connectivity index (χ1v) is 8.54. The van der Waals surface area contributed by atoms with E-state index in [1.54, 1.807) is 12.4 Å². The third-order valence-corrected chi connectivity index (χ3v) is 4.39. The number of nitrogens with zero attached hydrogens (tertiary/aromatic N) is 3. The molecule has 2 aromatic carbocycles. The third kappa shape index (κ3) is 3.43. The fourth-order valence-electron chi connectivity index (χ4n) is 2.63. The molecule has 4 aromatic rings. The monoisotopic (exact) mass is 361 g/mol. The minimum Gasteiger partial charge on any atom is -0.338 e. The Labute approximate surface area is 156 Å². The van der Waals surface area contributed by atoms with Crippen LogP contribution in [0.5, 0.6) is 0 Å². The molecule has 2 N–H and O–H groups in total. The summed E-state index contributed by atoms with van der Waals surface area (Å²) in [6.45, 7) is 1.96. The van der Waals surface area contributed by atoms with Gasteiger partial charge in [0.15, 0.2) is 0 Å². The summed E-state index contributed by atoms with van der Waals surface area (Å²) >= 11 is 6.17. The van der Waals surface area contributed by atoms with Gasteiger partial charge in [0.1, 0.15) is 5.82 Å². The highest BCUT2D eigenvalue weighted by Gasteiger charge is 2.05. The third-order valence-electron chi connectivity index (χ3n) is 3.98. The molecule has 0 aliphatic carbocycles. The molecule has 26 heavy (non-hydrogen) atoms. The van der Waals surface area contributed by atoms with Crippen molar-refractivity contribution in [2.24, 2.45) is 0 Å². The molecule has 2 aromatic heterocycles. The summed E-state index contributed by atoms with van der Waals surface area (Å²) in [5, 5.41) is 8.26. The van der Waals surface area contributed by atoms with Crippen molar-refractivity contribution in [3.05, 3.63) is 77.6 Å². The Kier molecular flexibility index (Phi) is 4.37. The predicted octanol–water partition coefficient (Wildman–Crippen LogP) is 5.47. The number of hydrogen-bond acceptors (Lipinski definition) is 5. The molecule has 0 aliphatic heterocycles. The molecule has 2 heterocycles. The fraction of sp³-hybridized carbons (Fsp3) is 0.0500. The lowest BCUT2D eigenvalue weighted by molar-refractivity contribution is 1.16. The first-order chi connectivity index (χ1) is 12.7. The van der Waals surface area contributed by atoms with Gasteiger partial charge in [0.25, 0.3) is 0 Å². The molecule has 0 fully saturated rings. The van der Waals surface area contributed by atoms with Crippen LogP contribution < -0.4 is 10.6 Å². The normalized spacial score (nSPS) is 10.7. The Bertz CT molecular complexity index is 1080. The number of anilines is 4. The van der Waals surface area contributed by atoms with Gasteiger partial charge in [-0.05, 0) is 42.8 Å². The maximum Gasteiger partial charge on any atom is 0.229 e. The van der Waals surface area contributed by atoms with Crippen LogP contribution in [-0.4, -0.2) is 15.0 Å². The number of fused-ring (bicyclic) bond motifs is 1. The molecule has 0 radical (unpaired) electrons. The van der Waals surface area contributed by atoms with E-state index in [1.807, 2.05) is 61.5 Å². The van der Waals surface area contributed by atoms with E-state index in [4.69, 9.17) is 11.6 Å². The fourth-order valence-corrected chi connectivity index (χ4v) is 2.81. The van der Waals surface area contributed by atoms with Crippen molar-refractivity contribution in [3.8, 4) is 0 Å². The Hall–Kier alpha value is -3.18. The standard InChI is InChI=1S/C20H16ClN5/c1-13-7-8-15(12-16(13)21)24-20-23-11-9-18(26-20)25-17-6-2-4-14-5-3-10-22-19(14)17/h2-12H,1H3,(H2,23,24,25,26). The van der Waals surface area contributed by atoms with Gasteiger partial charge in [-0.25, -0.2) is 4.98 Å².